The molecule has 9 heteroatoms. The van der Waals surface area contributed by atoms with E-state index < -0.39 is 63.1 Å². The molecule has 3 N–H and O–H groups in total. The zero-order valence-corrected chi connectivity index (χ0v) is 21.7. The van der Waals surface area contributed by atoms with Crippen molar-refractivity contribution in [2.45, 2.75) is 106 Å². The highest BCUT2D eigenvalue weighted by Crippen LogP contribution is 2.77. The Morgan fingerprint density at radius 1 is 1.00 bits per heavy atom. The highest BCUT2D eigenvalue weighted by Gasteiger charge is 2.85. The summed E-state index contributed by atoms with van der Waals surface area (Å²) in [5, 5.41) is 36.1. The smallest absolute Gasteiger partial charge is 0.341 e. The molecule has 0 aromatic carbocycles. The lowest BCUT2D eigenvalue weighted by molar-refractivity contribution is -0.435. The molecule has 3 saturated carbocycles. The molecule has 0 bridgehead atoms. The number of ether oxygens (including phenoxy) is 4. The fraction of sp³-hybridized carbons (Fsp3) is 0.857. The summed E-state index contributed by atoms with van der Waals surface area (Å²) in [5.74, 6) is -3.26. The average Bonchev–Trinajstić information content (AvgIpc) is 3.41. The summed E-state index contributed by atoms with van der Waals surface area (Å²) in [6.45, 7) is 7.00. The first-order chi connectivity index (χ1) is 17.2. The van der Waals surface area contributed by atoms with E-state index >= 15 is 0 Å². The van der Waals surface area contributed by atoms with E-state index in [1.807, 2.05) is 19.9 Å². The van der Waals surface area contributed by atoms with Crippen molar-refractivity contribution in [3.05, 3.63) is 12.2 Å². The van der Waals surface area contributed by atoms with Gasteiger partial charge in [0.05, 0.1) is 29.1 Å². The number of epoxide rings is 1. The van der Waals surface area contributed by atoms with Gasteiger partial charge in [-0.1, -0.05) is 13.0 Å². The molecule has 8 rings (SSSR count). The number of hydrogen-bond donors (Lipinski definition) is 3. The van der Waals surface area contributed by atoms with Crippen molar-refractivity contribution >= 4 is 11.8 Å². The second-order valence-corrected chi connectivity index (χ2v) is 13.9. The molecule has 4 heterocycles. The van der Waals surface area contributed by atoms with Crippen LogP contribution in [0.4, 0.5) is 0 Å². The van der Waals surface area contributed by atoms with E-state index in [9.17, 15) is 24.9 Å². The van der Waals surface area contributed by atoms with E-state index in [-0.39, 0.29) is 42.7 Å². The van der Waals surface area contributed by atoms with Crippen LogP contribution in [0.25, 0.3) is 0 Å². The lowest BCUT2D eigenvalue weighted by atomic mass is 9.41. The Hall–Kier alpha value is -1.36. The maximum Gasteiger partial charge on any atom is 0.341 e. The van der Waals surface area contributed by atoms with Crippen LogP contribution in [0.1, 0.15) is 59.8 Å². The fourth-order valence-electron chi connectivity index (χ4n) is 10.7. The van der Waals surface area contributed by atoms with E-state index in [2.05, 4.69) is 0 Å². The monoisotopic (exact) mass is 516 g/mol. The molecule has 14 atom stereocenters. The third kappa shape index (κ3) is 2.10. The summed E-state index contributed by atoms with van der Waals surface area (Å²) < 4.78 is 24.8. The normalized spacial score (nSPS) is 66.5. The minimum atomic E-state index is -1.89. The van der Waals surface area contributed by atoms with Gasteiger partial charge in [-0.15, -0.1) is 0 Å². The molecule has 0 amide bonds. The molecule has 0 aromatic rings. The summed E-state index contributed by atoms with van der Waals surface area (Å²) in [5.41, 5.74) is -6.95. The van der Waals surface area contributed by atoms with Crippen molar-refractivity contribution in [2.75, 3.05) is 6.61 Å². The molecule has 1 spiro atoms. The van der Waals surface area contributed by atoms with E-state index in [0.29, 0.717) is 19.3 Å². The standard InChI is InChI=1S/C28H36O9/c1-22-15-11-28(33)23(2)14(13(15)10-18-27(22,36-18)8-5-6-17(22)29)7-9-26(23,32)16-12-34-25(4)20(19(16)37-28)35-21(30)24(25,3)31/h5-6,13-16,18-20,31-33H,7-12H2,1-4H3/t13-,14-,15-,16+,18+,19+,20-,22-,23-,24-,25+,26+,27+,28-/m0/s1. The van der Waals surface area contributed by atoms with Gasteiger partial charge < -0.3 is 34.3 Å². The number of allylic oxidation sites excluding steroid dienone is 1. The van der Waals surface area contributed by atoms with Gasteiger partial charge in [-0.3, -0.25) is 4.79 Å². The van der Waals surface area contributed by atoms with Gasteiger partial charge in [0, 0.05) is 12.3 Å². The van der Waals surface area contributed by atoms with Gasteiger partial charge in [-0.25, -0.2) is 4.79 Å². The minimum Gasteiger partial charge on any atom is -0.454 e. The second kappa shape index (κ2) is 6.18. The zero-order chi connectivity index (χ0) is 26.2. The molecule has 4 aliphatic heterocycles. The first-order valence-electron chi connectivity index (χ1n) is 13.8. The van der Waals surface area contributed by atoms with Crippen molar-refractivity contribution < 1.29 is 43.9 Å². The van der Waals surface area contributed by atoms with Gasteiger partial charge in [0.2, 0.25) is 0 Å². The maximum absolute atomic E-state index is 13.5. The molecule has 9 nitrogen and oxygen atoms in total. The lowest BCUT2D eigenvalue weighted by Gasteiger charge is -2.69. The highest BCUT2D eigenvalue weighted by atomic mass is 16.7. The van der Waals surface area contributed by atoms with Gasteiger partial charge in [0.25, 0.3) is 0 Å². The van der Waals surface area contributed by atoms with Crippen LogP contribution in [0.3, 0.4) is 0 Å². The first-order valence-corrected chi connectivity index (χ1v) is 13.8. The van der Waals surface area contributed by atoms with Crippen molar-refractivity contribution in [1.29, 1.82) is 0 Å². The molecule has 0 unspecified atom stereocenters. The van der Waals surface area contributed by atoms with Crippen LogP contribution in [0.2, 0.25) is 0 Å². The molecule has 4 aliphatic carbocycles. The molecule has 8 aliphatic rings. The molecular weight excluding hydrogens is 480 g/mol. The van der Waals surface area contributed by atoms with Crippen LogP contribution in [-0.4, -0.2) is 80.2 Å². The molecule has 7 fully saturated rings. The van der Waals surface area contributed by atoms with Gasteiger partial charge >= 0.3 is 5.97 Å². The molecular formula is C28H36O9. The number of ketones is 1. The number of fused-ring (bicyclic) bond motifs is 7. The highest BCUT2D eigenvalue weighted by molar-refractivity contribution is 5.97. The summed E-state index contributed by atoms with van der Waals surface area (Å²) in [6, 6.07) is 0. The summed E-state index contributed by atoms with van der Waals surface area (Å²) in [4.78, 5) is 26.2. The summed E-state index contributed by atoms with van der Waals surface area (Å²) in [6.07, 6.45) is 4.51. The molecule has 37 heavy (non-hydrogen) atoms. The Morgan fingerprint density at radius 2 is 1.76 bits per heavy atom. The third-order valence-corrected chi connectivity index (χ3v) is 13.3. The summed E-state index contributed by atoms with van der Waals surface area (Å²) in [7, 11) is 0. The largest absolute Gasteiger partial charge is 0.454 e. The molecule has 4 saturated heterocycles. The van der Waals surface area contributed by atoms with Crippen LogP contribution in [-0.2, 0) is 28.5 Å². The van der Waals surface area contributed by atoms with Crippen LogP contribution >= 0.6 is 0 Å². The van der Waals surface area contributed by atoms with Crippen LogP contribution in [0.15, 0.2) is 12.2 Å². The average molecular weight is 517 g/mol. The van der Waals surface area contributed by atoms with Gasteiger partial charge in [0.1, 0.15) is 17.3 Å². The third-order valence-electron chi connectivity index (χ3n) is 13.3. The van der Waals surface area contributed by atoms with Crippen LogP contribution < -0.4 is 0 Å². The van der Waals surface area contributed by atoms with Crippen molar-refractivity contribution in [1.82, 2.24) is 0 Å². The Bertz CT molecular complexity index is 1180. The number of carbonyl (C=O) groups excluding carboxylic acids is 2. The first kappa shape index (κ1) is 23.5. The topological polar surface area (TPSA) is 135 Å². The zero-order valence-electron chi connectivity index (χ0n) is 21.7. The number of esters is 1. The van der Waals surface area contributed by atoms with Crippen LogP contribution in [0.5, 0.6) is 0 Å². The molecule has 0 radical (unpaired) electrons. The Balaban J connectivity index is 1.26. The van der Waals surface area contributed by atoms with Gasteiger partial charge in [-0.05, 0) is 70.3 Å². The minimum absolute atomic E-state index is 0.00671. The number of rotatable bonds is 0. The Kier molecular flexibility index (Phi) is 3.93. The van der Waals surface area contributed by atoms with Gasteiger partial charge in [-0.2, -0.15) is 0 Å². The quantitative estimate of drug-likeness (QED) is 0.318. The van der Waals surface area contributed by atoms with E-state index in [1.54, 1.807) is 13.0 Å². The van der Waals surface area contributed by atoms with Crippen molar-refractivity contribution in [2.24, 2.45) is 34.5 Å². The number of aliphatic hydroxyl groups is 3. The van der Waals surface area contributed by atoms with E-state index in [1.165, 1.54) is 6.92 Å². The van der Waals surface area contributed by atoms with E-state index in [0.717, 1.165) is 6.42 Å². The predicted molar refractivity (Wildman–Crippen MR) is 125 cm³/mol. The molecule has 0 aromatic heterocycles. The van der Waals surface area contributed by atoms with Crippen molar-refractivity contribution in [3.8, 4) is 0 Å². The van der Waals surface area contributed by atoms with E-state index in [4.69, 9.17) is 18.9 Å². The number of hydrogen-bond acceptors (Lipinski definition) is 9. The Labute approximate surface area is 215 Å². The fourth-order valence-corrected chi connectivity index (χ4v) is 10.7. The maximum atomic E-state index is 13.5. The lowest BCUT2D eigenvalue weighted by Crippen LogP contribution is -2.80. The predicted octanol–water partition coefficient (Wildman–Crippen LogP) is 1.02. The Morgan fingerprint density at radius 3 is 2.51 bits per heavy atom. The second-order valence-electron chi connectivity index (χ2n) is 13.9. The van der Waals surface area contributed by atoms with Crippen LogP contribution in [0, 0.1) is 34.5 Å². The van der Waals surface area contributed by atoms with Crippen molar-refractivity contribution in [3.63, 3.8) is 0 Å². The summed E-state index contributed by atoms with van der Waals surface area (Å²) >= 11 is 0. The SMILES string of the molecule is C[C@]12[C@H]3CC[C@@]1(O)[C@@H]1CO[C@]4(C)[C@@H](OC(=O)[C@]4(C)O)[C@@H]1O[C@@]2(O)C[C@H]1[C@H]3C[C@H]2O[C@]23CC=CC(=O)[C@]13C. The molecule has 202 valence electrons. The van der Waals surface area contributed by atoms with Gasteiger partial charge in [0.15, 0.2) is 23.3 Å². The number of carbonyl (C=O) groups is 2.